The molecule has 0 saturated heterocycles. The van der Waals surface area contributed by atoms with Gasteiger partial charge < -0.3 is 10.2 Å². The molecular weight excluding hydrogens is 336 g/mol. The molecule has 0 unspecified atom stereocenters. The molecule has 5 heteroatoms. The molecule has 1 saturated carbocycles. The number of rotatable bonds is 3. The Kier molecular flexibility index (Phi) is 5.37. The van der Waals surface area contributed by atoms with Crippen LogP contribution < -0.4 is 10.2 Å². The lowest BCUT2D eigenvalue weighted by atomic mass is 10.0. The minimum absolute atomic E-state index is 0.0638. The maximum atomic E-state index is 12.8. The number of hydrogen-bond donors (Lipinski definition) is 1. The molecule has 1 aliphatic carbocycles. The Balaban J connectivity index is 1.50. The van der Waals surface area contributed by atoms with Crippen LogP contribution in [0.15, 0.2) is 30.3 Å². The number of fused-ring (bicyclic) bond motifs is 1. The molecule has 1 aromatic carbocycles. The third-order valence-corrected chi connectivity index (χ3v) is 5.68. The zero-order valence-corrected chi connectivity index (χ0v) is 16.1. The van der Waals surface area contributed by atoms with Gasteiger partial charge in [0.2, 0.25) is 5.95 Å². The minimum Gasteiger partial charge on any atom is -0.348 e. The SMILES string of the molecule is Cc1cc(C(=O)NC2CCCCCC2)nc(N2CCc3ccccc3C2)n1. The van der Waals surface area contributed by atoms with Gasteiger partial charge in [0.05, 0.1) is 0 Å². The standard InChI is InChI=1S/C22H28N4O/c1-16-14-20(21(27)24-19-10-4-2-3-5-11-19)25-22(23-16)26-13-12-17-8-6-7-9-18(17)15-26/h6-9,14,19H,2-5,10-13,15H2,1H3,(H,24,27). The largest absolute Gasteiger partial charge is 0.348 e. The summed E-state index contributed by atoms with van der Waals surface area (Å²) in [6.45, 7) is 3.61. The van der Waals surface area contributed by atoms with Gasteiger partial charge in [0, 0.05) is 24.8 Å². The topological polar surface area (TPSA) is 58.1 Å². The van der Waals surface area contributed by atoms with E-state index in [0.29, 0.717) is 11.6 Å². The molecule has 2 heterocycles. The average molecular weight is 364 g/mol. The van der Waals surface area contributed by atoms with Gasteiger partial charge in [-0.05, 0) is 43.4 Å². The predicted octanol–water partition coefficient (Wildman–Crippen LogP) is 3.80. The van der Waals surface area contributed by atoms with Crippen molar-refractivity contribution in [1.82, 2.24) is 15.3 Å². The third kappa shape index (κ3) is 4.29. The number of nitrogens with zero attached hydrogens (tertiary/aromatic N) is 3. The summed E-state index contributed by atoms with van der Waals surface area (Å²) in [5.41, 5.74) is 4.04. The molecule has 4 rings (SSSR count). The number of aryl methyl sites for hydroxylation is 1. The molecule has 0 atom stereocenters. The van der Waals surface area contributed by atoms with Gasteiger partial charge in [-0.2, -0.15) is 0 Å². The van der Waals surface area contributed by atoms with Crippen LogP contribution in [0.4, 0.5) is 5.95 Å². The Labute approximate surface area is 161 Å². The first-order valence-electron chi connectivity index (χ1n) is 10.2. The highest BCUT2D eigenvalue weighted by Gasteiger charge is 2.21. The fourth-order valence-electron chi connectivity index (χ4n) is 4.16. The van der Waals surface area contributed by atoms with Gasteiger partial charge in [0.1, 0.15) is 5.69 Å². The van der Waals surface area contributed by atoms with Crippen molar-refractivity contribution in [3.05, 3.63) is 52.8 Å². The molecule has 1 amide bonds. The molecule has 27 heavy (non-hydrogen) atoms. The Bertz CT molecular complexity index is 812. The summed E-state index contributed by atoms with van der Waals surface area (Å²) in [5.74, 6) is 0.599. The van der Waals surface area contributed by atoms with E-state index in [4.69, 9.17) is 0 Å². The lowest BCUT2D eigenvalue weighted by Gasteiger charge is -2.29. The summed E-state index contributed by atoms with van der Waals surface area (Å²) in [7, 11) is 0. The minimum atomic E-state index is -0.0638. The van der Waals surface area contributed by atoms with Crippen LogP contribution in [0.1, 0.15) is 65.8 Å². The number of carbonyl (C=O) groups excluding carboxylic acids is 1. The van der Waals surface area contributed by atoms with Gasteiger partial charge in [0.25, 0.3) is 5.91 Å². The lowest BCUT2D eigenvalue weighted by Crippen LogP contribution is -2.36. The van der Waals surface area contributed by atoms with E-state index < -0.39 is 0 Å². The average Bonchev–Trinajstić information content (AvgIpc) is 2.96. The first kappa shape index (κ1) is 18.0. The van der Waals surface area contributed by atoms with Crippen molar-refractivity contribution in [3.8, 4) is 0 Å². The quantitative estimate of drug-likeness (QED) is 0.842. The van der Waals surface area contributed by atoms with Crippen LogP contribution in [0.5, 0.6) is 0 Å². The van der Waals surface area contributed by atoms with E-state index in [1.54, 1.807) is 6.07 Å². The first-order valence-corrected chi connectivity index (χ1v) is 10.2. The van der Waals surface area contributed by atoms with Gasteiger partial charge in [-0.3, -0.25) is 4.79 Å². The fourth-order valence-corrected chi connectivity index (χ4v) is 4.16. The van der Waals surface area contributed by atoms with Crippen molar-refractivity contribution in [2.75, 3.05) is 11.4 Å². The van der Waals surface area contributed by atoms with E-state index in [-0.39, 0.29) is 11.9 Å². The van der Waals surface area contributed by atoms with Gasteiger partial charge in [0.15, 0.2) is 0 Å². The van der Waals surface area contributed by atoms with Crippen LogP contribution in [0.25, 0.3) is 0 Å². The second kappa shape index (κ2) is 8.07. The van der Waals surface area contributed by atoms with Gasteiger partial charge in [-0.15, -0.1) is 0 Å². The highest BCUT2D eigenvalue weighted by molar-refractivity contribution is 5.92. The Morgan fingerprint density at radius 2 is 1.81 bits per heavy atom. The summed E-state index contributed by atoms with van der Waals surface area (Å²) >= 11 is 0. The predicted molar refractivity (Wildman–Crippen MR) is 107 cm³/mol. The molecule has 1 aromatic heterocycles. The van der Waals surface area contributed by atoms with E-state index in [9.17, 15) is 4.79 Å². The molecule has 1 aliphatic heterocycles. The number of benzene rings is 1. The Hall–Kier alpha value is -2.43. The second-order valence-electron chi connectivity index (χ2n) is 7.80. The van der Waals surface area contributed by atoms with E-state index >= 15 is 0 Å². The van der Waals surface area contributed by atoms with Gasteiger partial charge in [-0.1, -0.05) is 49.9 Å². The van der Waals surface area contributed by atoms with E-state index in [2.05, 4.69) is 44.5 Å². The van der Waals surface area contributed by atoms with Crippen molar-refractivity contribution in [2.45, 2.75) is 64.5 Å². The van der Waals surface area contributed by atoms with E-state index in [0.717, 1.165) is 38.0 Å². The maximum Gasteiger partial charge on any atom is 0.270 e. The monoisotopic (exact) mass is 364 g/mol. The van der Waals surface area contributed by atoms with Crippen LogP contribution >= 0.6 is 0 Å². The second-order valence-corrected chi connectivity index (χ2v) is 7.80. The van der Waals surface area contributed by atoms with Crippen molar-refractivity contribution in [2.24, 2.45) is 0 Å². The number of amides is 1. The van der Waals surface area contributed by atoms with Crippen molar-refractivity contribution in [1.29, 1.82) is 0 Å². The van der Waals surface area contributed by atoms with E-state index in [1.807, 2.05) is 6.92 Å². The van der Waals surface area contributed by atoms with Crippen molar-refractivity contribution < 1.29 is 4.79 Å². The zero-order valence-electron chi connectivity index (χ0n) is 16.1. The van der Waals surface area contributed by atoms with Crippen LogP contribution in [0.2, 0.25) is 0 Å². The first-order chi connectivity index (χ1) is 13.2. The summed E-state index contributed by atoms with van der Waals surface area (Å²) < 4.78 is 0. The number of aromatic nitrogens is 2. The Morgan fingerprint density at radius 3 is 2.59 bits per heavy atom. The molecule has 142 valence electrons. The zero-order chi connectivity index (χ0) is 18.6. The van der Waals surface area contributed by atoms with Crippen LogP contribution in [0.3, 0.4) is 0 Å². The smallest absolute Gasteiger partial charge is 0.270 e. The lowest BCUT2D eigenvalue weighted by molar-refractivity contribution is 0.0928. The highest BCUT2D eigenvalue weighted by Crippen LogP contribution is 2.23. The fraction of sp³-hybridized carbons (Fsp3) is 0.500. The number of carbonyl (C=O) groups is 1. The van der Waals surface area contributed by atoms with Gasteiger partial charge in [-0.25, -0.2) is 9.97 Å². The van der Waals surface area contributed by atoms with Crippen molar-refractivity contribution in [3.63, 3.8) is 0 Å². The molecule has 0 radical (unpaired) electrons. The number of nitrogens with one attached hydrogen (secondary N) is 1. The summed E-state index contributed by atoms with van der Waals surface area (Å²) in [4.78, 5) is 24.2. The molecule has 2 aromatic rings. The highest BCUT2D eigenvalue weighted by atomic mass is 16.1. The number of anilines is 1. The third-order valence-electron chi connectivity index (χ3n) is 5.68. The molecule has 1 fully saturated rings. The summed E-state index contributed by atoms with van der Waals surface area (Å²) in [6, 6.07) is 10.6. The van der Waals surface area contributed by atoms with Crippen molar-refractivity contribution >= 4 is 11.9 Å². The van der Waals surface area contributed by atoms with Gasteiger partial charge >= 0.3 is 0 Å². The molecule has 1 N–H and O–H groups in total. The number of hydrogen-bond acceptors (Lipinski definition) is 4. The maximum absolute atomic E-state index is 12.8. The van der Waals surface area contributed by atoms with Crippen LogP contribution in [-0.2, 0) is 13.0 Å². The molecule has 0 spiro atoms. The Morgan fingerprint density at radius 1 is 1.07 bits per heavy atom. The van der Waals surface area contributed by atoms with E-state index in [1.165, 1.54) is 36.8 Å². The molecule has 5 nitrogen and oxygen atoms in total. The molecule has 2 aliphatic rings. The molecular formula is C22H28N4O. The van der Waals surface area contributed by atoms with Crippen LogP contribution in [-0.4, -0.2) is 28.5 Å². The summed E-state index contributed by atoms with van der Waals surface area (Å²) in [6.07, 6.45) is 8.09. The summed E-state index contributed by atoms with van der Waals surface area (Å²) in [5, 5.41) is 3.20. The molecule has 0 bridgehead atoms. The van der Waals surface area contributed by atoms with Crippen LogP contribution in [0, 0.1) is 6.92 Å². The normalized spacial score (nSPS) is 17.9.